The number of nitrogens with one attached hydrogen (secondary N) is 1. The van der Waals surface area contributed by atoms with Crippen molar-refractivity contribution < 1.29 is 23.1 Å². The molecule has 184 valence electrons. The fraction of sp³-hybridized carbons (Fsp3) is 0.320. The maximum Gasteiger partial charge on any atom is 0.255 e. The van der Waals surface area contributed by atoms with Crippen molar-refractivity contribution in [1.82, 2.24) is 15.1 Å². The predicted molar refractivity (Wildman–Crippen MR) is 127 cm³/mol. The van der Waals surface area contributed by atoms with Gasteiger partial charge in [0.2, 0.25) is 5.92 Å². The second-order valence-electron chi connectivity index (χ2n) is 8.58. The average Bonchev–Trinajstić information content (AvgIpc) is 3.20. The largest absolute Gasteiger partial charge is 0.496 e. The second kappa shape index (κ2) is 9.73. The van der Waals surface area contributed by atoms with Gasteiger partial charge < -0.3 is 21.5 Å². The van der Waals surface area contributed by atoms with Gasteiger partial charge in [0.1, 0.15) is 22.8 Å². The number of methoxy groups -OCH3 is 1. The third kappa shape index (κ3) is 5.11. The van der Waals surface area contributed by atoms with Gasteiger partial charge in [0, 0.05) is 24.9 Å². The van der Waals surface area contributed by atoms with Crippen LogP contribution in [0, 0.1) is 0 Å². The summed E-state index contributed by atoms with van der Waals surface area (Å²) in [5.74, 6) is -3.14. The van der Waals surface area contributed by atoms with Crippen molar-refractivity contribution in [2.45, 2.75) is 44.2 Å². The topological polar surface area (TPSA) is 125 Å². The molecule has 8 nitrogen and oxygen atoms in total. The zero-order chi connectivity index (χ0) is 25.2. The van der Waals surface area contributed by atoms with Crippen molar-refractivity contribution >= 4 is 17.6 Å². The number of nitrogen functional groups attached to an aromatic ring is 1. The van der Waals surface area contributed by atoms with Crippen molar-refractivity contribution in [2.24, 2.45) is 5.73 Å². The zero-order valence-electron chi connectivity index (χ0n) is 19.3. The van der Waals surface area contributed by atoms with E-state index in [0.717, 1.165) is 5.56 Å². The lowest BCUT2D eigenvalue weighted by molar-refractivity contribution is -0.0447. The molecule has 0 unspecified atom stereocenters. The Hall–Kier alpha value is -3.95. The average molecular weight is 484 g/mol. The highest BCUT2D eigenvalue weighted by molar-refractivity contribution is 6.03. The Bertz CT molecular complexity index is 1230. The molecule has 0 atom stereocenters. The number of carbonyl (C=O) groups is 2. The third-order valence-electron chi connectivity index (χ3n) is 6.26. The lowest BCUT2D eigenvalue weighted by Crippen LogP contribution is -2.27. The maximum atomic E-state index is 13.6. The van der Waals surface area contributed by atoms with Crippen LogP contribution in [0.5, 0.6) is 5.75 Å². The number of amides is 2. The number of nitrogens with two attached hydrogens (primary N) is 2. The van der Waals surface area contributed by atoms with E-state index in [2.05, 4.69) is 10.4 Å². The van der Waals surface area contributed by atoms with E-state index in [1.54, 1.807) is 48.5 Å². The maximum absolute atomic E-state index is 13.6. The number of benzene rings is 2. The first-order valence-electron chi connectivity index (χ1n) is 11.3. The van der Waals surface area contributed by atoms with Gasteiger partial charge in [0.15, 0.2) is 0 Å². The summed E-state index contributed by atoms with van der Waals surface area (Å²) in [6.45, 7) is 0.271. The monoisotopic (exact) mass is 483 g/mol. The van der Waals surface area contributed by atoms with Gasteiger partial charge in [-0.2, -0.15) is 5.10 Å². The molecule has 0 saturated heterocycles. The van der Waals surface area contributed by atoms with Crippen molar-refractivity contribution in [1.29, 1.82) is 0 Å². The molecule has 1 aliphatic rings. The highest BCUT2D eigenvalue weighted by atomic mass is 19.3. The van der Waals surface area contributed by atoms with Crippen LogP contribution in [0.25, 0.3) is 11.3 Å². The highest BCUT2D eigenvalue weighted by Gasteiger charge is 2.37. The summed E-state index contributed by atoms with van der Waals surface area (Å²) in [5.41, 5.74) is 14.0. The van der Waals surface area contributed by atoms with Crippen molar-refractivity contribution in [2.75, 3.05) is 12.8 Å². The van der Waals surface area contributed by atoms with E-state index < -0.39 is 11.8 Å². The van der Waals surface area contributed by atoms with Crippen molar-refractivity contribution in [3.8, 4) is 17.0 Å². The molecule has 1 aromatic heterocycles. The number of nitrogens with zero attached hydrogens (tertiary/aromatic N) is 2. The summed E-state index contributed by atoms with van der Waals surface area (Å²) >= 11 is 0. The quantitative estimate of drug-likeness (QED) is 0.470. The highest BCUT2D eigenvalue weighted by Crippen LogP contribution is 2.40. The van der Waals surface area contributed by atoms with E-state index in [4.69, 9.17) is 16.2 Å². The summed E-state index contributed by atoms with van der Waals surface area (Å²) in [6.07, 6.45) is -0.0936. The number of para-hydroxylation sites is 1. The Morgan fingerprint density at radius 2 is 1.80 bits per heavy atom. The van der Waals surface area contributed by atoms with Crippen LogP contribution < -0.4 is 21.5 Å². The van der Waals surface area contributed by atoms with Crippen molar-refractivity contribution in [3.63, 3.8) is 0 Å². The fourth-order valence-electron chi connectivity index (χ4n) is 4.33. The van der Waals surface area contributed by atoms with Gasteiger partial charge in [-0.05, 0) is 30.5 Å². The lowest BCUT2D eigenvalue weighted by atomic mass is 9.92. The van der Waals surface area contributed by atoms with Crippen LogP contribution in [-0.4, -0.2) is 34.6 Å². The minimum absolute atomic E-state index is 0.0690. The Kier molecular flexibility index (Phi) is 6.72. The number of rotatable bonds is 7. The molecule has 1 aliphatic carbocycles. The molecule has 10 heteroatoms. The molecule has 0 aliphatic heterocycles. The standard InChI is InChI=1S/C25H27F2N5O3/c1-35-19-5-3-2-4-18(19)24(34)30-14-15-6-8-16(9-7-15)21-20(23(29)33)22(28)32(31-21)17-10-12-25(26,27)13-11-17/h2-9,17H,10-14,28H2,1H3,(H2,29,33)(H,30,34). The van der Waals surface area contributed by atoms with Crippen LogP contribution >= 0.6 is 0 Å². The van der Waals surface area contributed by atoms with Crippen LogP contribution in [0.3, 0.4) is 0 Å². The van der Waals surface area contributed by atoms with Gasteiger partial charge in [0.05, 0.1) is 18.7 Å². The number of halogens is 2. The van der Waals surface area contributed by atoms with E-state index in [1.165, 1.54) is 11.8 Å². The number of hydrogen-bond donors (Lipinski definition) is 3. The molecule has 1 heterocycles. The van der Waals surface area contributed by atoms with Crippen LogP contribution in [0.4, 0.5) is 14.6 Å². The van der Waals surface area contributed by atoms with Crippen LogP contribution in [0.1, 0.15) is 58.0 Å². The Morgan fingerprint density at radius 3 is 2.43 bits per heavy atom. The number of ether oxygens (including phenoxy) is 1. The molecule has 0 bridgehead atoms. The minimum atomic E-state index is -2.69. The third-order valence-corrected chi connectivity index (χ3v) is 6.26. The van der Waals surface area contributed by atoms with E-state index in [-0.39, 0.29) is 55.6 Å². The molecule has 1 saturated carbocycles. The van der Waals surface area contributed by atoms with Crippen LogP contribution in [0.15, 0.2) is 48.5 Å². The van der Waals surface area contributed by atoms with E-state index in [1.807, 2.05) is 0 Å². The number of carbonyl (C=O) groups excluding carboxylic acids is 2. The first-order valence-corrected chi connectivity index (χ1v) is 11.3. The van der Waals surface area contributed by atoms with Crippen LogP contribution in [-0.2, 0) is 6.54 Å². The SMILES string of the molecule is COc1ccccc1C(=O)NCc1ccc(-c2nn(C3CCC(F)(F)CC3)c(N)c2C(N)=O)cc1. The van der Waals surface area contributed by atoms with E-state index in [9.17, 15) is 18.4 Å². The number of alkyl halides is 2. The van der Waals surface area contributed by atoms with Gasteiger partial charge >= 0.3 is 0 Å². The number of aromatic nitrogens is 2. The Morgan fingerprint density at radius 1 is 1.14 bits per heavy atom. The normalized spacial score (nSPS) is 15.5. The first kappa shape index (κ1) is 24.2. The van der Waals surface area contributed by atoms with Crippen molar-refractivity contribution in [3.05, 3.63) is 65.2 Å². The predicted octanol–water partition coefficient (Wildman–Crippen LogP) is 3.92. The number of hydrogen-bond acceptors (Lipinski definition) is 5. The van der Waals surface area contributed by atoms with E-state index >= 15 is 0 Å². The van der Waals surface area contributed by atoms with Gasteiger partial charge in [-0.15, -0.1) is 0 Å². The molecule has 5 N–H and O–H groups in total. The smallest absolute Gasteiger partial charge is 0.255 e. The summed E-state index contributed by atoms with van der Waals surface area (Å²) < 4.78 is 33.9. The Balaban J connectivity index is 1.51. The summed E-state index contributed by atoms with van der Waals surface area (Å²) in [7, 11) is 1.50. The number of primary amides is 1. The Labute approximate surface area is 201 Å². The molecular weight excluding hydrogens is 456 g/mol. The van der Waals surface area contributed by atoms with Crippen LogP contribution in [0.2, 0.25) is 0 Å². The van der Waals surface area contributed by atoms with E-state index in [0.29, 0.717) is 22.6 Å². The van der Waals surface area contributed by atoms with Gasteiger partial charge in [-0.3, -0.25) is 9.59 Å². The van der Waals surface area contributed by atoms with Gasteiger partial charge in [-0.1, -0.05) is 36.4 Å². The fourth-order valence-corrected chi connectivity index (χ4v) is 4.33. The molecule has 1 fully saturated rings. The molecule has 2 aromatic carbocycles. The zero-order valence-corrected chi connectivity index (χ0v) is 19.3. The summed E-state index contributed by atoms with van der Waals surface area (Å²) in [6, 6.07) is 13.7. The molecule has 3 aromatic rings. The molecule has 35 heavy (non-hydrogen) atoms. The molecule has 0 radical (unpaired) electrons. The van der Waals surface area contributed by atoms with Gasteiger partial charge in [0.25, 0.3) is 11.8 Å². The molecular formula is C25H27F2N5O3. The summed E-state index contributed by atoms with van der Waals surface area (Å²) in [4.78, 5) is 24.7. The molecule has 0 spiro atoms. The minimum Gasteiger partial charge on any atom is -0.496 e. The van der Waals surface area contributed by atoms with Gasteiger partial charge in [-0.25, -0.2) is 13.5 Å². The summed E-state index contributed by atoms with van der Waals surface area (Å²) in [5, 5.41) is 7.35. The molecule has 2 amide bonds. The first-order chi connectivity index (χ1) is 16.7. The lowest BCUT2D eigenvalue weighted by Gasteiger charge is -2.28. The number of anilines is 1. The molecule has 4 rings (SSSR count). The second-order valence-corrected chi connectivity index (χ2v) is 8.58.